The maximum Gasteiger partial charge on any atom is 0.258 e. The molecule has 8 nitrogen and oxygen atoms in total. The highest BCUT2D eigenvalue weighted by Crippen LogP contribution is 2.19. The highest BCUT2D eigenvalue weighted by Gasteiger charge is 2.09. The number of nitrogens with two attached hydrogens (primary N) is 1. The van der Waals surface area contributed by atoms with Gasteiger partial charge in [-0.1, -0.05) is 6.07 Å². The van der Waals surface area contributed by atoms with E-state index in [0.717, 1.165) is 5.56 Å². The van der Waals surface area contributed by atoms with Gasteiger partial charge in [-0.3, -0.25) is 0 Å². The normalized spacial score (nSPS) is 10.6. The van der Waals surface area contributed by atoms with Gasteiger partial charge in [0.2, 0.25) is 11.9 Å². The van der Waals surface area contributed by atoms with Gasteiger partial charge in [-0.15, -0.1) is 0 Å². The molecule has 0 saturated carbocycles. The molecule has 0 fully saturated rings. The molecule has 106 valence electrons. The van der Waals surface area contributed by atoms with Crippen LogP contribution in [0.2, 0.25) is 0 Å². The molecule has 0 amide bonds. The van der Waals surface area contributed by atoms with Crippen LogP contribution in [0.3, 0.4) is 0 Å². The number of hydrogen-bond acceptors (Lipinski definition) is 7. The Hall–Kier alpha value is -3.10. The zero-order valence-corrected chi connectivity index (χ0v) is 11.0. The van der Waals surface area contributed by atoms with Gasteiger partial charge in [-0.25, -0.2) is 9.37 Å². The van der Waals surface area contributed by atoms with Crippen molar-refractivity contribution in [3.05, 3.63) is 42.2 Å². The van der Waals surface area contributed by atoms with Gasteiger partial charge in [-0.05, 0) is 24.6 Å². The summed E-state index contributed by atoms with van der Waals surface area (Å²) in [6.45, 7) is 1.85. The van der Waals surface area contributed by atoms with Crippen molar-refractivity contribution in [1.82, 2.24) is 29.7 Å². The molecule has 0 radical (unpaired) electrons. The summed E-state index contributed by atoms with van der Waals surface area (Å²) in [5.74, 6) is -0.110. The average Bonchev–Trinajstić information content (AvgIpc) is 2.96. The maximum absolute atomic E-state index is 13.7. The van der Waals surface area contributed by atoms with Crippen molar-refractivity contribution in [2.45, 2.75) is 6.92 Å². The fraction of sp³-hybridized carbons (Fsp3) is 0.0833. The predicted molar refractivity (Wildman–Crippen MR) is 73.6 cm³/mol. The average molecular weight is 286 g/mol. The van der Waals surface area contributed by atoms with Crippen molar-refractivity contribution in [2.24, 2.45) is 0 Å². The predicted octanol–water partition coefficient (Wildman–Crippen LogP) is 1.23. The third kappa shape index (κ3) is 2.76. The molecule has 3 rings (SSSR count). The molecule has 21 heavy (non-hydrogen) atoms. The second-order valence-electron chi connectivity index (χ2n) is 4.27. The first-order chi connectivity index (χ1) is 10.1. The zero-order valence-electron chi connectivity index (χ0n) is 11.0. The summed E-state index contributed by atoms with van der Waals surface area (Å²) >= 11 is 0. The molecule has 0 aliphatic carbocycles. The van der Waals surface area contributed by atoms with E-state index in [1.165, 1.54) is 23.4 Å². The Morgan fingerprint density at radius 2 is 2.10 bits per heavy atom. The standard InChI is InChI=1S/C12H11FN8/c1-7-2-3-8(13)9(4-7)17-11-18-10(14)19-12(20-11)21-6-15-5-16-21/h2-6H,1H3,(H3,14,17,18,19,20). The third-order valence-corrected chi connectivity index (χ3v) is 2.63. The number of hydrogen-bond donors (Lipinski definition) is 2. The van der Waals surface area contributed by atoms with Crippen LogP contribution in [0.4, 0.5) is 22.0 Å². The van der Waals surface area contributed by atoms with E-state index in [4.69, 9.17) is 5.73 Å². The molecule has 0 unspecified atom stereocenters. The summed E-state index contributed by atoms with van der Waals surface area (Å²) in [6.07, 6.45) is 2.76. The number of aryl methyl sites for hydroxylation is 1. The topological polar surface area (TPSA) is 107 Å². The number of nitrogens with zero attached hydrogens (tertiary/aromatic N) is 6. The first-order valence-corrected chi connectivity index (χ1v) is 6.01. The minimum absolute atomic E-state index is 0.00828. The Kier molecular flexibility index (Phi) is 3.14. The first-order valence-electron chi connectivity index (χ1n) is 6.01. The molecule has 3 aromatic rings. The van der Waals surface area contributed by atoms with E-state index in [9.17, 15) is 4.39 Å². The van der Waals surface area contributed by atoms with Gasteiger partial charge < -0.3 is 11.1 Å². The van der Waals surface area contributed by atoms with E-state index in [1.807, 2.05) is 6.92 Å². The lowest BCUT2D eigenvalue weighted by Gasteiger charge is -2.08. The van der Waals surface area contributed by atoms with Crippen molar-refractivity contribution in [1.29, 1.82) is 0 Å². The van der Waals surface area contributed by atoms with Crippen molar-refractivity contribution in [2.75, 3.05) is 11.1 Å². The molecular formula is C12H11FN8. The van der Waals surface area contributed by atoms with Crippen LogP contribution in [0, 0.1) is 12.7 Å². The second kappa shape index (κ2) is 5.12. The quantitative estimate of drug-likeness (QED) is 0.745. The Morgan fingerprint density at radius 3 is 2.86 bits per heavy atom. The third-order valence-electron chi connectivity index (χ3n) is 2.63. The number of aromatic nitrogens is 6. The van der Waals surface area contributed by atoms with E-state index in [0.29, 0.717) is 0 Å². The molecule has 0 aliphatic heterocycles. The SMILES string of the molecule is Cc1ccc(F)c(Nc2nc(N)nc(-n3cncn3)n2)c1. The minimum Gasteiger partial charge on any atom is -0.368 e. The lowest BCUT2D eigenvalue weighted by atomic mass is 10.2. The smallest absolute Gasteiger partial charge is 0.258 e. The number of rotatable bonds is 3. The van der Waals surface area contributed by atoms with E-state index in [-0.39, 0.29) is 23.5 Å². The molecule has 0 spiro atoms. The molecule has 0 saturated heterocycles. The van der Waals surface area contributed by atoms with Crippen LogP contribution >= 0.6 is 0 Å². The summed E-state index contributed by atoms with van der Waals surface area (Å²) in [5, 5.41) is 6.68. The van der Waals surface area contributed by atoms with Gasteiger partial charge >= 0.3 is 0 Å². The van der Waals surface area contributed by atoms with Crippen LogP contribution in [-0.4, -0.2) is 29.7 Å². The van der Waals surface area contributed by atoms with Gasteiger partial charge in [0.25, 0.3) is 5.95 Å². The molecule has 3 N–H and O–H groups in total. The maximum atomic E-state index is 13.7. The van der Waals surface area contributed by atoms with Gasteiger partial charge in [0.15, 0.2) is 0 Å². The summed E-state index contributed by atoms with van der Waals surface area (Å²) in [4.78, 5) is 15.8. The van der Waals surface area contributed by atoms with Crippen molar-refractivity contribution in [3.8, 4) is 5.95 Å². The van der Waals surface area contributed by atoms with Crippen molar-refractivity contribution < 1.29 is 4.39 Å². The highest BCUT2D eigenvalue weighted by atomic mass is 19.1. The Morgan fingerprint density at radius 1 is 1.24 bits per heavy atom. The zero-order chi connectivity index (χ0) is 14.8. The fourth-order valence-electron chi connectivity index (χ4n) is 1.71. The number of anilines is 3. The second-order valence-corrected chi connectivity index (χ2v) is 4.27. The largest absolute Gasteiger partial charge is 0.368 e. The van der Waals surface area contributed by atoms with E-state index >= 15 is 0 Å². The van der Waals surface area contributed by atoms with Crippen LogP contribution < -0.4 is 11.1 Å². The van der Waals surface area contributed by atoms with Crippen LogP contribution in [0.25, 0.3) is 5.95 Å². The monoisotopic (exact) mass is 286 g/mol. The molecule has 2 aromatic heterocycles. The summed E-state index contributed by atoms with van der Waals surface area (Å²) in [7, 11) is 0. The number of benzene rings is 1. The van der Waals surface area contributed by atoms with Gasteiger partial charge in [0, 0.05) is 0 Å². The summed E-state index contributed by atoms with van der Waals surface area (Å²) < 4.78 is 15.1. The summed E-state index contributed by atoms with van der Waals surface area (Å²) in [5.41, 5.74) is 6.78. The molecule has 0 atom stereocenters. The summed E-state index contributed by atoms with van der Waals surface area (Å²) in [6, 6.07) is 4.67. The van der Waals surface area contributed by atoms with Gasteiger partial charge in [-0.2, -0.15) is 24.7 Å². The van der Waals surface area contributed by atoms with E-state index in [2.05, 4.69) is 30.4 Å². The number of halogens is 1. The first kappa shape index (κ1) is 12.9. The lowest BCUT2D eigenvalue weighted by Crippen LogP contribution is -2.10. The molecule has 9 heteroatoms. The Bertz CT molecular complexity index is 771. The molecule has 0 aliphatic rings. The fourth-order valence-corrected chi connectivity index (χ4v) is 1.71. The van der Waals surface area contributed by atoms with Gasteiger partial charge in [0.1, 0.15) is 18.5 Å². The van der Waals surface area contributed by atoms with Crippen LogP contribution in [0.5, 0.6) is 0 Å². The number of nitrogens with one attached hydrogen (secondary N) is 1. The number of nitrogen functional groups attached to an aromatic ring is 1. The molecular weight excluding hydrogens is 275 g/mol. The van der Waals surface area contributed by atoms with Crippen molar-refractivity contribution in [3.63, 3.8) is 0 Å². The van der Waals surface area contributed by atoms with Crippen molar-refractivity contribution >= 4 is 17.6 Å². The Labute approximate surface area is 118 Å². The highest BCUT2D eigenvalue weighted by molar-refractivity contribution is 5.56. The molecule has 2 heterocycles. The van der Waals surface area contributed by atoms with Crippen LogP contribution in [-0.2, 0) is 0 Å². The van der Waals surface area contributed by atoms with Crippen LogP contribution in [0.1, 0.15) is 5.56 Å². The van der Waals surface area contributed by atoms with Gasteiger partial charge in [0.05, 0.1) is 5.69 Å². The Balaban J connectivity index is 1.97. The van der Waals surface area contributed by atoms with E-state index < -0.39 is 5.82 Å². The lowest BCUT2D eigenvalue weighted by molar-refractivity contribution is 0.631. The molecule has 0 bridgehead atoms. The van der Waals surface area contributed by atoms with E-state index in [1.54, 1.807) is 12.1 Å². The van der Waals surface area contributed by atoms with Crippen LogP contribution in [0.15, 0.2) is 30.9 Å². The molecule has 1 aromatic carbocycles. The minimum atomic E-state index is -0.415.